The van der Waals surface area contributed by atoms with Gasteiger partial charge in [0.2, 0.25) is 5.95 Å². The number of nitrogens with zero attached hydrogens (tertiary/aromatic N) is 7. The fourth-order valence-corrected chi connectivity index (χ4v) is 4.69. The average Bonchev–Trinajstić information content (AvgIpc) is 3.70. The van der Waals surface area contributed by atoms with Crippen molar-refractivity contribution in [3.05, 3.63) is 54.0 Å². The Morgan fingerprint density at radius 2 is 1.97 bits per heavy atom. The Bertz CT molecular complexity index is 1300. The van der Waals surface area contributed by atoms with Crippen LogP contribution in [0.1, 0.15) is 37.3 Å². The molecule has 1 atom stereocenters. The van der Waals surface area contributed by atoms with Crippen LogP contribution in [0.2, 0.25) is 0 Å². The summed E-state index contributed by atoms with van der Waals surface area (Å²) in [5.74, 6) is 3.76. The lowest BCUT2D eigenvalue weighted by atomic mass is 10.1. The third-order valence-electron chi connectivity index (χ3n) is 6.60. The van der Waals surface area contributed by atoms with Crippen LogP contribution < -0.4 is 15.1 Å². The molecule has 2 fully saturated rings. The summed E-state index contributed by atoms with van der Waals surface area (Å²) in [5.41, 5.74) is 2.58. The van der Waals surface area contributed by atoms with Crippen LogP contribution in [-0.2, 0) is 11.2 Å². The van der Waals surface area contributed by atoms with Gasteiger partial charge in [-0.15, -0.1) is 0 Å². The first-order valence-corrected chi connectivity index (χ1v) is 12.4. The number of hydrogen-bond acceptors (Lipinski definition) is 10. The monoisotopic (exact) mass is 487 g/mol. The molecule has 2 aliphatic heterocycles. The molecule has 0 aliphatic carbocycles. The summed E-state index contributed by atoms with van der Waals surface area (Å²) in [5, 5.41) is 15.1. The molecule has 36 heavy (non-hydrogen) atoms. The number of anilines is 4. The zero-order chi connectivity index (χ0) is 24.3. The number of ether oxygens (including phenoxy) is 1. The number of hydrogen-bond donors (Lipinski definition) is 2. The molecular weight excluding hydrogens is 458 g/mol. The second-order valence-electron chi connectivity index (χ2n) is 8.95. The van der Waals surface area contributed by atoms with Crippen molar-refractivity contribution in [3.8, 4) is 11.4 Å². The van der Waals surface area contributed by atoms with Gasteiger partial charge in [-0.1, -0.05) is 18.1 Å². The molecule has 4 aromatic heterocycles. The molecular formula is C25H29N9O2. The number of aromatic nitrogens is 6. The highest BCUT2D eigenvalue weighted by Crippen LogP contribution is 2.37. The maximum atomic E-state index is 5.80. The number of pyridine rings is 1. The molecule has 11 heteroatoms. The fourth-order valence-electron chi connectivity index (χ4n) is 4.69. The van der Waals surface area contributed by atoms with Gasteiger partial charge in [0, 0.05) is 49.7 Å². The van der Waals surface area contributed by atoms with Crippen molar-refractivity contribution in [1.29, 1.82) is 0 Å². The zero-order valence-corrected chi connectivity index (χ0v) is 20.2. The number of morpholine rings is 1. The Morgan fingerprint density at radius 1 is 1.06 bits per heavy atom. The Morgan fingerprint density at radius 3 is 2.78 bits per heavy atom. The molecule has 0 bridgehead atoms. The highest BCUT2D eigenvalue weighted by Gasteiger charge is 2.32. The summed E-state index contributed by atoms with van der Waals surface area (Å²) in [4.78, 5) is 18.7. The van der Waals surface area contributed by atoms with E-state index in [-0.39, 0.29) is 6.04 Å². The van der Waals surface area contributed by atoms with Gasteiger partial charge in [0.25, 0.3) is 0 Å². The Labute approximate surface area is 208 Å². The van der Waals surface area contributed by atoms with E-state index in [9.17, 15) is 0 Å². The van der Waals surface area contributed by atoms with Crippen molar-refractivity contribution >= 4 is 23.4 Å². The van der Waals surface area contributed by atoms with Gasteiger partial charge in [-0.3, -0.25) is 10.1 Å². The van der Waals surface area contributed by atoms with Crippen molar-refractivity contribution in [3.63, 3.8) is 0 Å². The topological polar surface area (TPSA) is 121 Å². The smallest absolute Gasteiger partial charge is 0.229 e. The molecule has 11 nitrogen and oxygen atoms in total. The van der Waals surface area contributed by atoms with E-state index in [1.807, 2.05) is 36.4 Å². The van der Waals surface area contributed by atoms with Gasteiger partial charge in [0.05, 0.1) is 24.9 Å². The molecule has 2 N–H and O–H groups in total. The highest BCUT2D eigenvalue weighted by atomic mass is 16.5. The number of aryl methyl sites for hydroxylation is 1. The Hall–Kier alpha value is -3.99. The second-order valence-corrected chi connectivity index (χ2v) is 8.95. The van der Waals surface area contributed by atoms with Crippen LogP contribution in [-0.4, -0.2) is 63.2 Å². The third kappa shape index (κ3) is 4.61. The molecule has 1 unspecified atom stereocenters. The van der Waals surface area contributed by atoms with Crippen molar-refractivity contribution in [1.82, 2.24) is 30.3 Å². The Balaban J connectivity index is 1.32. The van der Waals surface area contributed by atoms with E-state index in [4.69, 9.17) is 19.2 Å². The van der Waals surface area contributed by atoms with Crippen LogP contribution in [0.15, 0.2) is 47.1 Å². The van der Waals surface area contributed by atoms with E-state index in [2.05, 4.69) is 42.4 Å². The zero-order valence-electron chi connectivity index (χ0n) is 20.2. The molecule has 2 aliphatic rings. The van der Waals surface area contributed by atoms with Crippen molar-refractivity contribution in [2.45, 2.75) is 32.2 Å². The lowest BCUT2D eigenvalue weighted by Gasteiger charge is -2.30. The summed E-state index contributed by atoms with van der Waals surface area (Å²) in [6.07, 6.45) is 4.59. The number of H-pyrrole nitrogens is 1. The van der Waals surface area contributed by atoms with E-state index in [0.717, 1.165) is 73.4 Å². The van der Waals surface area contributed by atoms with Gasteiger partial charge in [-0.05, 0) is 31.4 Å². The van der Waals surface area contributed by atoms with Gasteiger partial charge in [-0.2, -0.15) is 15.1 Å². The summed E-state index contributed by atoms with van der Waals surface area (Å²) < 4.78 is 11.4. The maximum Gasteiger partial charge on any atom is 0.229 e. The predicted molar refractivity (Wildman–Crippen MR) is 135 cm³/mol. The van der Waals surface area contributed by atoms with E-state index in [1.165, 1.54) is 0 Å². The molecule has 0 amide bonds. The summed E-state index contributed by atoms with van der Waals surface area (Å²) in [6, 6.07) is 11.7. The molecule has 0 radical (unpaired) electrons. The number of nitrogens with one attached hydrogen (secondary N) is 2. The normalized spacial score (nSPS) is 18.1. The highest BCUT2D eigenvalue weighted by molar-refractivity contribution is 5.61. The lowest BCUT2D eigenvalue weighted by Crippen LogP contribution is -2.37. The van der Waals surface area contributed by atoms with Crippen molar-refractivity contribution in [2.24, 2.45) is 0 Å². The fraction of sp³-hybridized carbons (Fsp3) is 0.400. The number of rotatable bonds is 7. The second kappa shape index (κ2) is 9.94. The minimum absolute atomic E-state index is 0.000158. The van der Waals surface area contributed by atoms with Crippen molar-refractivity contribution < 1.29 is 9.26 Å². The average molecular weight is 488 g/mol. The first kappa shape index (κ1) is 22.5. The quantitative estimate of drug-likeness (QED) is 0.399. The standard InChI is InChI=1S/C25H29N9O2/c1-2-17-14-23(31-30-17)27-22-16-24(33-10-12-35-13-11-33)29-25(28-22)34-9-5-7-20(34)21-15-19(32-36-21)18-6-3-4-8-26-18/h3-4,6,8,14-16,20H,2,5,7,9-13H2,1H3,(H2,27,28,29,30,31). The summed E-state index contributed by atoms with van der Waals surface area (Å²) in [7, 11) is 0. The van der Waals surface area contributed by atoms with Crippen LogP contribution in [0.4, 0.5) is 23.4 Å². The van der Waals surface area contributed by atoms with E-state index in [0.29, 0.717) is 25.0 Å². The van der Waals surface area contributed by atoms with Crippen LogP contribution in [0.5, 0.6) is 0 Å². The SMILES string of the molecule is CCc1cc(Nc2cc(N3CCOCC3)nc(N3CCCC3c3cc(-c4ccccn4)no3)n2)n[nH]1. The molecule has 4 aromatic rings. The van der Waals surface area contributed by atoms with Gasteiger partial charge < -0.3 is 24.4 Å². The lowest BCUT2D eigenvalue weighted by molar-refractivity contribution is 0.122. The maximum absolute atomic E-state index is 5.80. The molecule has 0 spiro atoms. The van der Waals surface area contributed by atoms with E-state index >= 15 is 0 Å². The Kier molecular flexibility index (Phi) is 6.20. The minimum atomic E-state index is -0.000158. The van der Waals surface area contributed by atoms with Gasteiger partial charge in [0.1, 0.15) is 17.3 Å². The van der Waals surface area contributed by atoms with Crippen molar-refractivity contribution in [2.75, 3.05) is 48.0 Å². The molecule has 186 valence electrons. The predicted octanol–water partition coefficient (Wildman–Crippen LogP) is 3.73. The van der Waals surface area contributed by atoms with E-state index in [1.54, 1.807) is 6.20 Å². The molecule has 6 heterocycles. The van der Waals surface area contributed by atoms with Gasteiger partial charge >= 0.3 is 0 Å². The summed E-state index contributed by atoms with van der Waals surface area (Å²) in [6.45, 7) is 5.87. The summed E-state index contributed by atoms with van der Waals surface area (Å²) >= 11 is 0. The van der Waals surface area contributed by atoms with Gasteiger partial charge in [-0.25, -0.2) is 0 Å². The van der Waals surface area contributed by atoms with E-state index < -0.39 is 0 Å². The largest absolute Gasteiger partial charge is 0.378 e. The van der Waals surface area contributed by atoms with Crippen LogP contribution in [0.3, 0.4) is 0 Å². The van der Waals surface area contributed by atoms with Crippen LogP contribution >= 0.6 is 0 Å². The first-order chi connectivity index (χ1) is 17.8. The first-order valence-electron chi connectivity index (χ1n) is 12.4. The van der Waals surface area contributed by atoms with Gasteiger partial charge in [0.15, 0.2) is 11.6 Å². The number of aromatic amines is 1. The molecule has 2 saturated heterocycles. The molecule has 6 rings (SSSR count). The van der Waals surface area contributed by atoms with Crippen LogP contribution in [0, 0.1) is 0 Å². The van der Waals surface area contributed by atoms with Crippen LogP contribution in [0.25, 0.3) is 11.4 Å². The molecule has 0 aromatic carbocycles. The minimum Gasteiger partial charge on any atom is -0.378 e. The third-order valence-corrected chi connectivity index (χ3v) is 6.60. The molecule has 0 saturated carbocycles.